The largest absolute Gasteiger partial charge is 0.456 e. The number of benzene rings is 7. The zero-order chi connectivity index (χ0) is 29.0. The van der Waals surface area contributed by atoms with Crippen LogP contribution in [-0.4, -0.2) is 4.98 Å². The Kier molecular flexibility index (Phi) is 5.54. The average Bonchev–Trinajstić information content (AvgIpc) is 3.65. The zero-order valence-corrected chi connectivity index (χ0v) is 23.9. The number of para-hydroxylation sites is 1. The van der Waals surface area contributed by atoms with Crippen LogP contribution in [0, 0.1) is 0 Å². The molecule has 0 aliphatic carbocycles. The third kappa shape index (κ3) is 3.96. The minimum atomic E-state index is 0.908. The fraction of sp³-hybridized carbons (Fsp3) is 0. The van der Waals surface area contributed by atoms with Crippen LogP contribution in [0.15, 0.2) is 162 Å². The van der Waals surface area contributed by atoms with E-state index in [1.807, 2.05) is 12.1 Å². The SMILES string of the molecule is c1ccc(-c2cc3[nH]c4cc(-c5ccccc5)c(-c5ccc6oc7ccccc7c6c5)cc4c3cc2-c2ccccc2)cc1. The number of nitrogens with one attached hydrogen (secondary N) is 1. The summed E-state index contributed by atoms with van der Waals surface area (Å²) in [5.74, 6) is 0. The molecule has 0 saturated carbocycles. The second-order valence-electron chi connectivity index (χ2n) is 11.4. The molecule has 44 heavy (non-hydrogen) atoms. The van der Waals surface area contributed by atoms with Crippen molar-refractivity contribution in [2.45, 2.75) is 0 Å². The molecule has 2 nitrogen and oxygen atoms in total. The molecule has 0 bridgehead atoms. The molecule has 7 aromatic carbocycles. The highest BCUT2D eigenvalue weighted by Crippen LogP contribution is 2.43. The van der Waals surface area contributed by atoms with Crippen LogP contribution in [0.3, 0.4) is 0 Å². The molecular weight excluding hydrogens is 534 g/mol. The second-order valence-corrected chi connectivity index (χ2v) is 11.4. The lowest BCUT2D eigenvalue weighted by atomic mass is 9.90. The highest BCUT2D eigenvalue weighted by molar-refractivity contribution is 6.14. The normalized spacial score (nSPS) is 11.6. The number of furan rings is 1. The lowest BCUT2D eigenvalue weighted by Crippen LogP contribution is -1.87. The minimum Gasteiger partial charge on any atom is -0.456 e. The minimum absolute atomic E-state index is 0.908. The maximum atomic E-state index is 6.17. The van der Waals surface area contributed by atoms with Crippen LogP contribution in [0.25, 0.3) is 88.3 Å². The molecule has 0 aliphatic heterocycles. The predicted octanol–water partition coefficient (Wildman–Crippen LogP) is 11.9. The van der Waals surface area contributed by atoms with Crippen LogP contribution < -0.4 is 0 Å². The monoisotopic (exact) mass is 561 g/mol. The van der Waals surface area contributed by atoms with Crippen molar-refractivity contribution in [1.82, 2.24) is 4.98 Å². The number of fused-ring (bicyclic) bond motifs is 6. The summed E-state index contributed by atoms with van der Waals surface area (Å²) in [6.07, 6.45) is 0. The Hall–Kier alpha value is -5.86. The van der Waals surface area contributed by atoms with Gasteiger partial charge in [-0.3, -0.25) is 0 Å². The van der Waals surface area contributed by atoms with E-state index in [0.29, 0.717) is 0 Å². The second kappa shape index (κ2) is 9.86. The van der Waals surface area contributed by atoms with E-state index in [4.69, 9.17) is 4.42 Å². The molecular formula is C42H27NO. The van der Waals surface area contributed by atoms with Gasteiger partial charge in [0.15, 0.2) is 0 Å². The summed E-state index contributed by atoms with van der Waals surface area (Å²) in [5, 5.41) is 4.70. The molecule has 0 saturated heterocycles. The first kappa shape index (κ1) is 24.7. The molecule has 0 radical (unpaired) electrons. The van der Waals surface area contributed by atoms with Crippen LogP contribution in [0.1, 0.15) is 0 Å². The third-order valence-corrected chi connectivity index (χ3v) is 8.82. The van der Waals surface area contributed by atoms with Gasteiger partial charge in [0.2, 0.25) is 0 Å². The predicted molar refractivity (Wildman–Crippen MR) is 185 cm³/mol. The van der Waals surface area contributed by atoms with Crippen molar-refractivity contribution in [3.8, 4) is 44.5 Å². The van der Waals surface area contributed by atoms with E-state index in [-0.39, 0.29) is 0 Å². The van der Waals surface area contributed by atoms with Gasteiger partial charge in [-0.05, 0) is 87.0 Å². The summed E-state index contributed by atoms with van der Waals surface area (Å²) < 4.78 is 6.17. The Balaban J connectivity index is 1.34. The number of hydrogen-bond donors (Lipinski definition) is 1. The van der Waals surface area contributed by atoms with Gasteiger partial charge in [-0.15, -0.1) is 0 Å². The van der Waals surface area contributed by atoms with E-state index in [9.17, 15) is 0 Å². The van der Waals surface area contributed by atoms with Crippen molar-refractivity contribution in [3.63, 3.8) is 0 Å². The Morgan fingerprint density at radius 2 is 0.773 bits per heavy atom. The van der Waals surface area contributed by atoms with E-state index in [0.717, 1.165) is 33.0 Å². The first-order valence-corrected chi connectivity index (χ1v) is 15.0. The van der Waals surface area contributed by atoms with Gasteiger partial charge in [-0.1, -0.05) is 115 Å². The van der Waals surface area contributed by atoms with Gasteiger partial charge in [0.25, 0.3) is 0 Å². The first-order valence-electron chi connectivity index (χ1n) is 15.0. The number of rotatable bonds is 4. The molecule has 0 aliphatic rings. The van der Waals surface area contributed by atoms with Gasteiger partial charge < -0.3 is 9.40 Å². The topological polar surface area (TPSA) is 28.9 Å². The smallest absolute Gasteiger partial charge is 0.135 e. The van der Waals surface area contributed by atoms with Gasteiger partial charge in [-0.25, -0.2) is 0 Å². The Morgan fingerprint density at radius 1 is 0.318 bits per heavy atom. The number of aromatic amines is 1. The summed E-state index contributed by atoms with van der Waals surface area (Å²) in [6, 6.07) is 56.3. The van der Waals surface area contributed by atoms with Crippen LogP contribution >= 0.6 is 0 Å². The summed E-state index contributed by atoms with van der Waals surface area (Å²) in [6.45, 7) is 0. The Bertz CT molecular complexity index is 2470. The quantitative estimate of drug-likeness (QED) is 0.227. The molecule has 9 aromatic rings. The van der Waals surface area contributed by atoms with E-state index in [1.54, 1.807) is 0 Å². The van der Waals surface area contributed by atoms with Crippen molar-refractivity contribution >= 4 is 43.7 Å². The average molecular weight is 562 g/mol. The number of H-pyrrole nitrogens is 1. The summed E-state index contributed by atoms with van der Waals surface area (Å²) in [5.41, 5.74) is 13.7. The van der Waals surface area contributed by atoms with E-state index in [1.165, 1.54) is 55.3 Å². The lowest BCUT2D eigenvalue weighted by molar-refractivity contribution is 0.669. The Labute approximate surface area is 254 Å². The van der Waals surface area contributed by atoms with Crippen LogP contribution in [0.4, 0.5) is 0 Å². The van der Waals surface area contributed by atoms with Crippen molar-refractivity contribution in [3.05, 3.63) is 158 Å². The van der Waals surface area contributed by atoms with Crippen LogP contribution in [-0.2, 0) is 0 Å². The maximum absolute atomic E-state index is 6.17. The van der Waals surface area contributed by atoms with Gasteiger partial charge in [0.05, 0.1) is 0 Å². The third-order valence-electron chi connectivity index (χ3n) is 8.82. The van der Waals surface area contributed by atoms with Gasteiger partial charge in [0, 0.05) is 32.6 Å². The number of aromatic nitrogens is 1. The van der Waals surface area contributed by atoms with Gasteiger partial charge >= 0.3 is 0 Å². The fourth-order valence-electron chi connectivity index (χ4n) is 6.70. The molecule has 9 rings (SSSR count). The van der Waals surface area contributed by atoms with E-state index < -0.39 is 0 Å². The molecule has 0 unspecified atom stereocenters. The molecule has 0 atom stereocenters. The molecule has 2 heteroatoms. The Morgan fingerprint density at radius 3 is 1.34 bits per heavy atom. The van der Waals surface area contributed by atoms with Crippen LogP contribution in [0.5, 0.6) is 0 Å². The highest BCUT2D eigenvalue weighted by atomic mass is 16.3. The molecule has 0 spiro atoms. The number of hydrogen-bond acceptors (Lipinski definition) is 1. The molecule has 2 heterocycles. The molecule has 2 aromatic heterocycles. The molecule has 0 fully saturated rings. The highest BCUT2D eigenvalue weighted by Gasteiger charge is 2.17. The zero-order valence-electron chi connectivity index (χ0n) is 23.9. The summed E-state index contributed by atoms with van der Waals surface area (Å²) >= 11 is 0. The van der Waals surface area contributed by atoms with E-state index in [2.05, 4.69) is 151 Å². The van der Waals surface area contributed by atoms with Gasteiger partial charge in [0.1, 0.15) is 11.2 Å². The summed E-state index contributed by atoms with van der Waals surface area (Å²) in [4.78, 5) is 3.79. The van der Waals surface area contributed by atoms with Crippen LogP contribution in [0.2, 0.25) is 0 Å². The van der Waals surface area contributed by atoms with E-state index >= 15 is 0 Å². The van der Waals surface area contributed by atoms with Gasteiger partial charge in [-0.2, -0.15) is 0 Å². The van der Waals surface area contributed by atoms with Crippen molar-refractivity contribution in [2.24, 2.45) is 0 Å². The first-order chi connectivity index (χ1) is 21.8. The fourth-order valence-corrected chi connectivity index (χ4v) is 6.70. The standard InChI is InChI=1S/C42H27NO/c1-4-12-27(13-5-1)32-23-36-37-24-33(30-20-21-42-38(22-30)31-18-10-11-19-41(31)44-42)35(29-16-8-3-9-17-29)26-40(37)43-39(36)25-34(32)28-14-6-2-7-15-28/h1-26,43H. The molecule has 1 N–H and O–H groups in total. The van der Waals surface area contributed by atoms with Crippen molar-refractivity contribution < 1.29 is 4.42 Å². The molecule has 0 amide bonds. The van der Waals surface area contributed by atoms with Crippen molar-refractivity contribution in [2.75, 3.05) is 0 Å². The molecule has 206 valence electrons. The van der Waals surface area contributed by atoms with Crippen molar-refractivity contribution in [1.29, 1.82) is 0 Å². The lowest BCUT2D eigenvalue weighted by Gasteiger charge is -2.13. The maximum Gasteiger partial charge on any atom is 0.135 e. The summed E-state index contributed by atoms with van der Waals surface area (Å²) in [7, 11) is 0.